The highest BCUT2D eigenvalue weighted by Crippen LogP contribution is 2.37. The molecular weight excluding hydrogens is 386 g/mol. The molecule has 2 N–H and O–H groups in total. The van der Waals surface area contributed by atoms with E-state index in [-0.39, 0.29) is 21.9 Å². The summed E-state index contributed by atoms with van der Waals surface area (Å²) in [5.41, 5.74) is 1.15. The lowest BCUT2D eigenvalue weighted by Gasteiger charge is -2.07. The van der Waals surface area contributed by atoms with Gasteiger partial charge in [-0.05, 0) is 31.0 Å². The summed E-state index contributed by atoms with van der Waals surface area (Å²) in [5, 5.41) is 3.11. The van der Waals surface area contributed by atoms with Crippen molar-refractivity contribution < 1.29 is 17.9 Å². The predicted molar refractivity (Wildman–Crippen MR) is 105 cm³/mol. The van der Waals surface area contributed by atoms with Gasteiger partial charge < -0.3 is 10.1 Å². The maximum Gasteiger partial charge on any atom is 0.263 e. The summed E-state index contributed by atoms with van der Waals surface area (Å²) in [5.74, 6) is 0.548. The molecule has 3 aromatic rings. The summed E-state index contributed by atoms with van der Waals surface area (Å²) in [4.78, 5) is 16.5. The first kappa shape index (κ1) is 17.7. The molecule has 0 saturated heterocycles. The zero-order valence-electron chi connectivity index (χ0n) is 14.4. The second kappa shape index (κ2) is 6.82. The van der Waals surface area contributed by atoms with Crippen molar-refractivity contribution in [2.75, 3.05) is 17.1 Å². The van der Waals surface area contributed by atoms with E-state index in [1.54, 1.807) is 30.3 Å². The van der Waals surface area contributed by atoms with Gasteiger partial charge in [-0.3, -0.25) is 9.52 Å². The molecule has 0 unspecified atom stereocenters. The summed E-state index contributed by atoms with van der Waals surface area (Å²) in [6, 6.07) is 11.6. The molecule has 0 spiro atoms. The van der Waals surface area contributed by atoms with Crippen LogP contribution in [0.4, 0.5) is 10.8 Å². The second-order valence-corrected chi connectivity index (χ2v) is 8.94. The van der Waals surface area contributed by atoms with E-state index in [9.17, 15) is 13.2 Å². The molecular formula is C18H17N3O4S2. The first-order valence-electron chi connectivity index (χ1n) is 8.33. The Balaban J connectivity index is 1.66. The molecule has 1 amide bonds. The van der Waals surface area contributed by atoms with Gasteiger partial charge in [0.2, 0.25) is 5.91 Å². The number of anilines is 2. The standard InChI is InChI=1S/C18H17N3O4S2/c1-25-14-9-12(19-17(22)11-7-8-11)10-15-16(14)20-18(26-15)21-27(23,24)13-5-3-2-4-6-13/h2-6,9-11H,7-8H2,1H3,(H,19,22)(H,20,21). The predicted octanol–water partition coefficient (Wildman–Crippen LogP) is 3.45. The van der Waals surface area contributed by atoms with Crippen molar-refractivity contribution in [3.63, 3.8) is 0 Å². The number of hydrogen-bond donors (Lipinski definition) is 2. The molecule has 1 aliphatic carbocycles. The van der Waals surface area contributed by atoms with Crippen LogP contribution < -0.4 is 14.8 Å². The molecule has 9 heteroatoms. The van der Waals surface area contributed by atoms with Crippen LogP contribution in [0.1, 0.15) is 12.8 Å². The van der Waals surface area contributed by atoms with Crippen molar-refractivity contribution in [1.29, 1.82) is 0 Å². The third kappa shape index (κ3) is 3.74. The molecule has 1 saturated carbocycles. The van der Waals surface area contributed by atoms with Crippen LogP contribution in [0.15, 0.2) is 47.4 Å². The Morgan fingerprint density at radius 2 is 1.96 bits per heavy atom. The number of thiazole rings is 1. The molecule has 2 aromatic carbocycles. The largest absolute Gasteiger partial charge is 0.494 e. The Labute approximate surface area is 160 Å². The number of aromatic nitrogens is 1. The lowest BCUT2D eigenvalue weighted by Crippen LogP contribution is -2.13. The minimum Gasteiger partial charge on any atom is -0.494 e. The highest BCUT2D eigenvalue weighted by Gasteiger charge is 2.29. The van der Waals surface area contributed by atoms with Gasteiger partial charge in [-0.15, -0.1) is 0 Å². The monoisotopic (exact) mass is 403 g/mol. The van der Waals surface area contributed by atoms with E-state index in [0.717, 1.165) is 12.8 Å². The number of sulfonamides is 1. The van der Waals surface area contributed by atoms with Gasteiger partial charge >= 0.3 is 0 Å². The van der Waals surface area contributed by atoms with Gasteiger partial charge in [-0.2, -0.15) is 0 Å². The zero-order valence-corrected chi connectivity index (χ0v) is 16.1. The Kier molecular flexibility index (Phi) is 4.48. The van der Waals surface area contributed by atoms with Crippen molar-refractivity contribution >= 4 is 48.3 Å². The SMILES string of the molecule is COc1cc(NC(=O)C2CC2)cc2sc(NS(=O)(=O)c3ccccc3)nc12. The van der Waals surface area contributed by atoms with Gasteiger partial charge in [0.15, 0.2) is 5.13 Å². The van der Waals surface area contributed by atoms with Gasteiger partial charge in [0.1, 0.15) is 11.3 Å². The van der Waals surface area contributed by atoms with E-state index in [4.69, 9.17) is 4.74 Å². The fourth-order valence-electron chi connectivity index (χ4n) is 2.63. The summed E-state index contributed by atoms with van der Waals surface area (Å²) in [7, 11) is -2.22. The average Bonchev–Trinajstić information content (AvgIpc) is 3.43. The average molecular weight is 403 g/mol. The zero-order chi connectivity index (χ0) is 19.0. The van der Waals surface area contributed by atoms with E-state index in [0.29, 0.717) is 21.7 Å². The van der Waals surface area contributed by atoms with E-state index < -0.39 is 10.0 Å². The summed E-state index contributed by atoms with van der Waals surface area (Å²) in [6.07, 6.45) is 1.83. The Morgan fingerprint density at radius 3 is 2.63 bits per heavy atom. The van der Waals surface area contributed by atoms with Gasteiger partial charge in [0.25, 0.3) is 10.0 Å². The number of ether oxygens (including phenoxy) is 1. The van der Waals surface area contributed by atoms with Crippen LogP contribution >= 0.6 is 11.3 Å². The van der Waals surface area contributed by atoms with Crippen LogP contribution in [0, 0.1) is 5.92 Å². The number of carbonyl (C=O) groups is 1. The molecule has 0 radical (unpaired) electrons. The lowest BCUT2D eigenvalue weighted by atomic mass is 10.2. The number of fused-ring (bicyclic) bond motifs is 1. The normalized spacial score (nSPS) is 14.1. The number of amides is 1. The Hall–Kier alpha value is -2.65. The van der Waals surface area contributed by atoms with Crippen LogP contribution in [0.3, 0.4) is 0 Å². The van der Waals surface area contributed by atoms with E-state index in [2.05, 4.69) is 15.0 Å². The molecule has 1 aliphatic rings. The van der Waals surface area contributed by atoms with Crippen LogP contribution in [-0.4, -0.2) is 26.4 Å². The van der Waals surface area contributed by atoms with Gasteiger partial charge in [0.05, 0.1) is 16.7 Å². The fourth-order valence-corrected chi connectivity index (χ4v) is 4.81. The van der Waals surface area contributed by atoms with E-state index >= 15 is 0 Å². The van der Waals surface area contributed by atoms with Crippen LogP contribution in [0.2, 0.25) is 0 Å². The quantitative estimate of drug-likeness (QED) is 0.657. The lowest BCUT2D eigenvalue weighted by molar-refractivity contribution is -0.117. The molecule has 1 heterocycles. The molecule has 27 heavy (non-hydrogen) atoms. The van der Waals surface area contributed by atoms with Gasteiger partial charge in [-0.25, -0.2) is 13.4 Å². The first-order chi connectivity index (χ1) is 13.0. The minimum absolute atomic E-state index is 0.00841. The van der Waals surface area contributed by atoms with Crippen molar-refractivity contribution in [2.45, 2.75) is 17.7 Å². The number of nitrogens with zero attached hydrogens (tertiary/aromatic N) is 1. The minimum atomic E-state index is -3.73. The highest BCUT2D eigenvalue weighted by molar-refractivity contribution is 7.93. The van der Waals surface area contributed by atoms with E-state index in [1.165, 1.54) is 30.6 Å². The number of carbonyl (C=O) groups excluding carboxylic acids is 1. The molecule has 0 atom stereocenters. The second-order valence-electron chi connectivity index (χ2n) is 6.23. The van der Waals surface area contributed by atoms with Crippen LogP contribution in [0.5, 0.6) is 5.75 Å². The number of nitrogens with one attached hydrogen (secondary N) is 2. The molecule has 0 aliphatic heterocycles. The fraction of sp³-hybridized carbons (Fsp3) is 0.222. The summed E-state index contributed by atoms with van der Waals surface area (Å²) in [6.45, 7) is 0. The third-order valence-electron chi connectivity index (χ3n) is 4.17. The van der Waals surface area contributed by atoms with Gasteiger partial charge in [-0.1, -0.05) is 29.5 Å². The molecule has 140 valence electrons. The molecule has 1 fully saturated rings. The van der Waals surface area contributed by atoms with Crippen LogP contribution in [-0.2, 0) is 14.8 Å². The number of methoxy groups -OCH3 is 1. The van der Waals surface area contributed by atoms with Crippen LogP contribution in [0.25, 0.3) is 10.2 Å². The topological polar surface area (TPSA) is 97.4 Å². The van der Waals surface area contributed by atoms with E-state index in [1.807, 2.05) is 0 Å². The van der Waals surface area contributed by atoms with Crippen molar-refractivity contribution in [2.24, 2.45) is 5.92 Å². The smallest absolute Gasteiger partial charge is 0.263 e. The number of benzene rings is 2. The van der Waals surface area contributed by atoms with Crippen molar-refractivity contribution in [1.82, 2.24) is 4.98 Å². The molecule has 4 rings (SSSR count). The highest BCUT2D eigenvalue weighted by atomic mass is 32.2. The van der Waals surface area contributed by atoms with Gasteiger partial charge in [0, 0.05) is 17.7 Å². The molecule has 7 nitrogen and oxygen atoms in total. The maximum atomic E-state index is 12.5. The molecule has 0 bridgehead atoms. The van der Waals surface area contributed by atoms with Crippen molar-refractivity contribution in [3.05, 3.63) is 42.5 Å². The Bertz CT molecular complexity index is 1110. The Morgan fingerprint density at radius 1 is 1.22 bits per heavy atom. The first-order valence-corrected chi connectivity index (χ1v) is 10.6. The maximum absolute atomic E-state index is 12.5. The number of rotatable bonds is 6. The molecule has 1 aromatic heterocycles. The summed E-state index contributed by atoms with van der Waals surface area (Å²) < 4.78 is 33.6. The summed E-state index contributed by atoms with van der Waals surface area (Å²) >= 11 is 1.18. The van der Waals surface area contributed by atoms with Crippen molar-refractivity contribution in [3.8, 4) is 5.75 Å². The number of hydrogen-bond acceptors (Lipinski definition) is 6. The third-order valence-corrected chi connectivity index (χ3v) is 6.57.